The van der Waals surface area contributed by atoms with Crippen molar-refractivity contribution >= 4 is 17.5 Å². The Hall–Kier alpha value is -0.960. The Kier molecular flexibility index (Phi) is 4.11. The number of furan rings is 1. The van der Waals surface area contributed by atoms with Crippen molar-refractivity contribution in [1.29, 1.82) is 0 Å². The van der Waals surface area contributed by atoms with Crippen LogP contribution < -0.4 is 0 Å². The van der Waals surface area contributed by atoms with Crippen LogP contribution in [0, 0.1) is 6.92 Å². The third kappa shape index (κ3) is 2.83. The summed E-state index contributed by atoms with van der Waals surface area (Å²) in [4.78, 5) is 14.2. The van der Waals surface area contributed by atoms with E-state index in [1.165, 1.54) is 6.42 Å². The van der Waals surface area contributed by atoms with Crippen molar-refractivity contribution in [1.82, 2.24) is 4.90 Å². The molecule has 0 radical (unpaired) electrons. The van der Waals surface area contributed by atoms with Crippen LogP contribution in [0.25, 0.3) is 0 Å². The predicted molar refractivity (Wildman–Crippen MR) is 67.5 cm³/mol. The summed E-state index contributed by atoms with van der Waals surface area (Å²) in [6.07, 6.45) is 4.18. The molecule has 0 aromatic carbocycles. The maximum Gasteiger partial charge on any atom is 0.289 e. The SMILES string of the molecule is Cc1ccc(C(=O)N2CCCCC2CCCl)o1. The first kappa shape index (κ1) is 12.5. The van der Waals surface area contributed by atoms with Gasteiger partial charge in [0.15, 0.2) is 5.76 Å². The third-order valence-corrected chi connectivity index (χ3v) is 3.50. The molecule has 3 nitrogen and oxygen atoms in total. The molecule has 1 aromatic rings. The van der Waals surface area contributed by atoms with E-state index in [1.807, 2.05) is 17.9 Å². The van der Waals surface area contributed by atoms with E-state index in [0.717, 1.165) is 31.6 Å². The Morgan fingerprint density at radius 2 is 2.35 bits per heavy atom. The number of hydrogen-bond donors (Lipinski definition) is 0. The minimum atomic E-state index is 0.00733. The standard InChI is InChI=1S/C13H18ClNO2/c1-10-5-6-12(17-10)13(16)15-9-3-2-4-11(15)7-8-14/h5-6,11H,2-4,7-9H2,1H3. The molecule has 1 atom stereocenters. The lowest BCUT2D eigenvalue weighted by molar-refractivity contribution is 0.0575. The summed E-state index contributed by atoms with van der Waals surface area (Å²) < 4.78 is 5.40. The van der Waals surface area contributed by atoms with Gasteiger partial charge in [-0.1, -0.05) is 0 Å². The van der Waals surface area contributed by atoms with E-state index >= 15 is 0 Å². The Morgan fingerprint density at radius 1 is 1.53 bits per heavy atom. The van der Waals surface area contributed by atoms with Crippen molar-refractivity contribution in [3.05, 3.63) is 23.7 Å². The Bertz CT molecular complexity index is 387. The first-order valence-corrected chi connectivity index (χ1v) is 6.69. The van der Waals surface area contributed by atoms with E-state index in [-0.39, 0.29) is 11.9 Å². The average molecular weight is 256 g/mol. The van der Waals surface area contributed by atoms with E-state index in [0.29, 0.717) is 11.6 Å². The van der Waals surface area contributed by atoms with Gasteiger partial charge in [0, 0.05) is 18.5 Å². The van der Waals surface area contributed by atoms with Gasteiger partial charge in [-0.25, -0.2) is 0 Å². The number of rotatable bonds is 3. The largest absolute Gasteiger partial charge is 0.456 e. The molecule has 0 saturated carbocycles. The lowest BCUT2D eigenvalue weighted by atomic mass is 9.99. The second kappa shape index (κ2) is 5.58. The topological polar surface area (TPSA) is 33.5 Å². The van der Waals surface area contributed by atoms with Crippen LogP contribution in [0.1, 0.15) is 42.0 Å². The van der Waals surface area contributed by atoms with Crippen molar-refractivity contribution in [2.75, 3.05) is 12.4 Å². The molecule has 2 rings (SSSR count). The molecule has 0 N–H and O–H groups in total. The van der Waals surface area contributed by atoms with E-state index in [2.05, 4.69) is 0 Å². The van der Waals surface area contributed by atoms with Crippen molar-refractivity contribution in [2.45, 2.75) is 38.6 Å². The average Bonchev–Trinajstić information content (AvgIpc) is 2.76. The molecule has 0 aliphatic carbocycles. The fourth-order valence-corrected chi connectivity index (χ4v) is 2.64. The maximum atomic E-state index is 12.3. The zero-order valence-corrected chi connectivity index (χ0v) is 10.9. The number of nitrogens with zero attached hydrogens (tertiary/aromatic N) is 1. The minimum absolute atomic E-state index is 0.00733. The molecule has 1 aliphatic heterocycles. The lowest BCUT2D eigenvalue weighted by Gasteiger charge is -2.35. The molecule has 0 bridgehead atoms. The second-order valence-electron chi connectivity index (χ2n) is 4.54. The van der Waals surface area contributed by atoms with Crippen molar-refractivity contribution < 1.29 is 9.21 Å². The number of aryl methyl sites for hydroxylation is 1. The molecule has 2 heterocycles. The van der Waals surface area contributed by atoms with Gasteiger partial charge in [-0.3, -0.25) is 4.79 Å². The van der Waals surface area contributed by atoms with E-state index < -0.39 is 0 Å². The van der Waals surface area contributed by atoms with Crippen LogP contribution >= 0.6 is 11.6 Å². The number of piperidine rings is 1. The van der Waals surface area contributed by atoms with Gasteiger partial charge in [-0.05, 0) is 44.7 Å². The maximum absolute atomic E-state index is 12.3. The highest BCUT2D eigenvalue weighted by molar-refractivity contribution is 6.17. The first-order chi connectivity index (χ1) is 8.22. The highest BCUT2D eigenvalue weighted by Crippen LogP contribution is 2.23. The fourth-order valence-electron chi connectivity index (χ4n) is 2.39. The van der Waals surface area contributed by atoms with Crippen LogP contribution in [0.4, 0.5) is 0 Å². The molecule has 0 spiro atoms. The molecule has 1 fully saturated rings. The molecule has 4 heteroatoms. The normalized spacial score (nSPS) is 20.6. The highest BCUT2D eigenvalue weighted by Gasteiger charge is 2.28. The quantitative estimate of drug-likeness (QED) is 0.777. The van der Waals surface area contributed by atoms with Crippen molar-refractivity contribution in [3.8, 4) is 0 Å². The summed E-state index contributed by atoms with van der Waals surface area (Å²) in [6, 6.07) is 3.86. The Labute approximate surface area is 107 Å². The zero-order valence-electron chi connectivity index (χ0n) is 10.1. The molecule has 1 saturated heterocycles. The van der Waals surface area contributed by atoms with Crippen LogP contribution in [-0.2, 0) is 0 Å². The van der Waals surface area contributed by atoms with Crippen molar-refractivity contribution in [3.63, 3.8) is 0 Å². The van der Waals surface area contributed by atoms with E-state index in [9.17, 15) is 4.79 Å². The fraction of sp³-hybridized carbons (Fsp3) is 0.615. The summed E-state index contributed by atoms with van der Waals surface area (Å²) >= 11 is 5.79. The zero-order chi connectivity index (χ0) is 12.3. The molecule has 1 aromatic heterocycles. The molecule has 1 amide bonds. The molecule has 1 unspecified atom stereocenters. The van der Waals surface area contributed by atoms with Gasteiger partial charge in [-0.15, -0.1) is 11.6 Å². The van der Waals surface area contributed by atoms with Gasteiger partial charge >= 0.3 is 0 Å². The number of hydrogen-bond acceptors (Lipinski definition) is 2. The van der Waals surface area contributed by atoms with Gasteiger partial charge in [0.2, 0.25) is 0 Å². The van der Waals surface area contributed by atoms with Gasteiger partial charge in [0.1, 0.15) is 5.76 Å². The van der Waals surface area contributed by atoms with Crippen LogP contribution in [-0.4, -0.2) is 29.3 Å². The predicted octanol–water partition coefficient (Wildman–Crippen LogP) is 3.21. The van der Waals surface area contributed by atoms with Crippen LogP contribution in [0.2, 0.25) is 0 Å². The number of carbonyl (C=O) groups excluding carboxylic acids is 1. The number of alkyl halides is 1. The smallest absolute Gasteiger partial charge is 0.289 e. The lowest BCUT2D eigenvalue weighted by Crippen LogP contribution is -2.43. The summed E-state index contributed by atoms with van der Waals surface area (Å²) in [5, 5.41) is 0. The third-order valence-electron chi connectivity index (χ3n) is 3.28. The second-order valence-corrected chi connectivity index (χ2v) is 4.91. The van der Waals surface area contributed by atoms with Crippen LogP contribution in [0.3, 0.4) is 0 Å². The Balaban J connectivity index is 2.10. The minimum Gasteiger partial charge on any atom is -0.456 e. The number of likely N-dealkylation sites (tertiary alicyclic amines) is 1. The Morgan fingerprint density at radius 3 is 3.00 bits per heavy atom. The van der Waals surface area contributed by atoms with Gasteiger partial charge in [0.05, 0.1) is 0 Å². The molecule has 94 valence electrons. The van der Waals surface area contributed by atoms with E-state index in [4.69, 9.17) is 16.0 Å². The van der Waals surface area contributed by atoms with Crippen molar-refractivity contribution in [2.24, 2.45) is 0 Å². The highest BCUT2D eigenvalue weighted by atomic mass is 35.5. The van der Waals surface area contributed by atoms with Gasteiger partial charge in [0.25, 0.3) is 5.91 Å². The molecular formula is C13H18ClNO2. The number of carbonyl (C=O) groups is 1. The van der Waals surface area contributed by atoms with Gasteiger partial charge < -0.3 is 9.32 Å². The molecule has 1 aliphatic rings. The molecule has 17 heavy (non-hydrogen) atoms. The van der Waals surface area contributed by atoms with Gasteiger partial charge in [-0.2, -0.15) is 0 Å². The number of amides is 1. The summed E-state index contributed by atoms with van der Waals surface area (Å²) in [5.74, 6) is 1.84. The number of halogens is 1. The van der Waals surface area contributed by atoms with Crippen LogP contribution in [0.5, 0.6) is 0 Å². The monoisotopic (exact) mass is 255 g/mol. The summed E-state index contributed by atoms with van der Waals surface area (Å²) in [5.41, 5.74) is 0. The summed E-state index contributed by atoms with van der Waals surface area (Å²) in [7, 11) is 0. The van der Waals surface area contributed by atoms with E-state index in [1.54, 1.807) is 6.07 Å². The summed E-state index contributed by atoms with van der Waals surface area (Å²) in [6.45, 7) is 2.67. The van der Waals surface area contributed by atoms with Crippen LogP contribution in [0.15, 0.2) is 16.5 Å². The molecular weight excluding hydrogens is 238 g/mol. The first-order valence-electron chi connectivity index (χ1n) is 6.15.